The Morgan fingerprint density at radius 3 is 2.53 bits per heavy atom. The topological polar surface area (TPSA) is 63.4 Å². The van der Waals surface area contributed by atoms with E-state index >= 15 is 0 Å². The van der Waals surface area contributed by atoms with Crippen molar-refractivity contribution in [2.75, 3.05) is 13.6 Å². The second-order valence-electron chi connectivity index (χ2n) is 3.14. The van der Waals surface area contributed by atoms with Crippen molar-refractivity contribution in [3.05, 3.63) is 29.8 Å². The molecule has 0 fully saturated rings. The van der Waals surface area contributed by atoms with Gasteiger partial charge in [0.25, 0.3) is 5.91 Å². The minimum atomic E-state index is -0.539. The fourth-order valence-corrected chi connectivity index (χ4v) is 1.42. The predicted octanol–water partition coefficient (Wildman–Crippen LogP) is 0.533. The smallest absolute Gasteiger partial charge is 0.255 e. The first kappa shape index (κ1) is 11.6. The number of thiol groups is 1. The minimum Gasteiger partial charge on any atom is -0.368 e. The lowest BCUT2D eigenvalue weighted by atomic mass is 10.2. The molecule has 0 saturated carbocycles. The molecule has 0 aliphatic carbocycles. The highest BCUT2D eigenvalue weighted by molar-refractivity contribution is 7.80. The van der Waals surface area contributed by atoms with Crippen molar-refractivity contribution in [1.82, 2.24) is 4.90 Å². The number of carbonyl (C=O) groups excluding carboxylic acids is 2. The van der Waals surface area contributed by atoms with Crippen LogP contribution in [-0.2, 0) is 4.79 Å². The van der Waals surface area contributed by atoms with E-state index in [-0.39, 0.29) is 12.5 Å². The number of carbonyl (C=O) groups is 2. The van der Waals surface area contributed by atoms with E-state index in [1.165, 1.54) is 11.9 Å². The van der Waals surface area contributed by atoms with Gasteiger partial charge in [0.1, 0.15) is 0 Å². The molecule has 0 radical (unpaired) electrons. The van der Waals surface area contributed by atoms with Crippen molar-refractivity contribution in [1.29, 1.82) is 0 Å². The summed E-state index contributed by atoms with van der Waals surface area (Å²) in [4.78, 5) is 24.3. The summed E-state index contributed by atoms with van der Waals surface area (Å²) >= 11 is 4.16. The molecule has 0 unspecified atom stereocenters. The van der Waals surface area contributed by atoms with Gasteiger partial charge in [0.05, 0.1) is 12.1 Å². The number of nitrogens with two attached hydrogens (primary N) is 1. The molecule has 2 N–H and O–H groups in total. The molecule has 4 nitrogen and oxygen atoms in total. The van der Waals surface area contributed by atoms with Gasteiger partial charge < -0.3 is 10.6 Å². The van der Waals surface area contributed by atoms with E-state index in [1.54, 1.807) is 24.3 Å². The number of benzene rings is 1. The summed E-state index contributed by atoms with van der Waals surface area (Å²) in [7, 11) is 1.52. The first-order valence-electron chi connectivity index (χ1n) is 4.34. The van der Waals surface area contributed by atoms with Gasteiger partial charge in [-0.3, -0.25) is 9.59 Å². The average Bonchev–Trinajstić information content (AvgIpc) is 2.16. The van der Waals surface area contributed by atoms with Crippen molar-refractivity contribution in [3.63, 3.8) is 0 Å². The van der Waals surface area contributed by atoms with Gasteiger partial charge in [0, 0.05) is 11.9 Å². The number of likely N-dealkylation sites (N-methyl/N-ethyl adjacent to an activating group) is 1. The fraction of sp³-hybridized carbons (Fsp3) is 0.200. The molecular formula is C10H12N2O2S. The lowest BCUT2D eigenvalue weighted by molar-refractivity contribution is -0.118. The average molecular weight is 224 g/mol. The van der Waals surface area contributed by atoms with Crippen LogP contribution in [0, 0.1) is 0 Å². The van der Waals surface area contributed by atoms with Gasteiger partial charge in [-0.25, -0.2) is 0 Å². The maximum atomic E-state index is 11.8. The van der Waals surface area contributed by atoms with Crippen LogP contribution in [0.25, 0.3) is 0 Å². The van der Waals surface area contributed by atoms with Crippen molar-refractivity contribution in [3.8, 4) is 0 Å². The number of amides is 2. The second-order valence-corrected chi connectivity index (χ2v) is 3.63. The summed E-state index contributed by atoms with van der Waals surface area (Å²) in [6.07, 6.45) is 0. The molecule has 0 saturated heterocycles. The Labute approximate surface area is 93.5 Å². The fourth-order valence-electron chi connectivity index (χ4n) is 1.17. The van der Waals surface area contributed by atoms with Gasteiger partial charge >= 0.3 is 0 Å². The van der Waals surface area contributed by atoms with Crippen molar-refractivity contribution < 1.29 is 9.59 Å². The minimum absolute atomic E-state index is 0.0963. The Morgan fingerprint density at radius 1 is 1.40 bits per heavy atom. The molecule has 0 heterocycles. The summed E-state index contributed by atoms with van der Waals surface area (Å²) < 4.78 is 0. The third-order valence-electron chi connectivity index (χ3n) is 1.87. The molecule has 0 atom stereocenters. The molecule has 0 aliphatic rings. The molecule has 0 aromatic heterocycles. The monoisotopic (exact) mass is 224 g/mol. The van der Waals surface area contributed by atoms with Gasteiger partial charge in [0.2, 0.25) is 5.91 Å². The van der Waals surface area contributed by atoms with E-state index in [9.17, 15) is 9.59 Å². The van der Waals surface area contributed by atoms with E-state index in [2.05, 4.69) is 12.6 Å². The summed E-state index contributed by atoms with van der Waals surface area (Å²) in [5, 5.41) is 0. The largest absolute Gasteiger partial charge is 0.368 e. The van der Waals surface area contributed by atoms with E-state index < -0.39 is 5.91 Å². The highest BCUT2D eigenvalue weighted by atomic mass is 32.1. The number of nitrogens with zero attached hydrogens (tertiary/aromatic N) is 1. The van der Waals surface area contributed by atoms with Gasteiger partial charge in [-0.1, -0.05) is 12.1 Å². The van der Waals surface area contributed by atoms with Gasteiger partial charge in [-0.05, 0) is 12.1 Å². The van der Waals surface area contributed by atoms with Crippen LogP contribution in [0.3, 0.4) is 0 Å². The van der Waals surface area contributed by atoms with E-state index in [0.29, 0.717) is 10.5 Å². The number of hydrogen-bond acceptors (Lipinski definition) is 3. The Balaban J connectivity index is 2.85. The summed E-state index contributed by atoms with van der Waals surface area (Å²) in [6.45, 7) is -0.0963. The molecule has 0 spiro atoms. The quantitative estimate of drug-likeness (QED) is 0.736. The Bertz CT molecular complexity index is 393. The SMILES string of the molecule is CN(CC(N)=O)C(=O)c1ccccc1S. The third kappa shape index (κ3) is 2.99. The first-order valence-corrected chi connectivity index (χ1v) is 4.79. The number of rotatable bonds is 3. The van der Waals surface area contributed by atoms with Crippen LogP contribution < -0.4 is 5.73 Å². The highest BCUT2D eigenvalue weighted by Crippen LogP contribution is 2.14. The molecule has 15 heavy (non-hydrogen) atoms. The van der Waals surface area contributed by atoms with E-state index in [0.717, 1.165) is 0 Å². The van der Waals surface area contributed by atoms with Crippen LogP contribution in [0.15, 0.2) is 29.2 Å². The Kier molecular flexibility index (Phi) is 3.74. The van der Waals surface area contributed by atoms with Crippen LogP contribution in [-0.4, -0.2) is 30.3 Å². The van der Waals surface area contributed by atoms with Gasteiger partial charge in [-0.15, -0.1) is 12.6 Å². The van der Waals surface area contributed by atoms with Crippen molar-refractivity contribution >= 4 is 24.4 Å². The molecule has 1 aromatic rings. The maximum Gasteiger partial charge on any atom is 0.255 e. The molecule has 80 valence electrons. The van der Waals surface area contributed by atoms with Crippen LogP contribution in [0.1, 0.15) is 10.4 Å². The third-order valence-corrected chi connectivity index (χ3v) is 2.26. The first-order chi connectivity index (χ1) is 7.02. The zero-order valence-electron chi connectivity index (χ0n) is 8.30. The van der Waals surface area contributed by atoms with Crippen LogP contribution >= 0.6 is 12.6 Å². The normalized spacial score (nSPS) is 9.73. The van der Waals surface area contributed by atoms with E-state index in [4.69, 9.17) is 5.73 Å². The molecule has 1 rings (SSSR count). The molecule has 2 amide bonds. The molecule has 5 heteroatoms. The second kappa shape index (κ2) is 4.84. The standard InChI is InChI=1S/C10H12N2O2S/c1-12(6-9(11)13)10(14)7-4-2-3-5-8(7)15/h2-5,15H,6H2,1H3,(H2,11,13). The summed E-state index contributed by atoms with van der Waals surface area (Å²) in [6, 6.07) is 6.90. The number of hydrogen-bond donors (Lipinski definition) is 2. The maximum absolute atomic E-state index is 11.8. The van der Waals surface area contributed by atoms with E-state index in [1.807, 2.05) is 0 Å². The van der Waals surface area contributed by atoms with Crippen molar-refractivity contribution in [2.45, 2.75) is 4.90 Å². The Hall–Kier alpha value is -1.49. The molecule has 0 aliphatic heterocycles. The number of primary amides is 1. The van der Waals surface area contributed by atoms with Crippen LogP contribution in [0.2, 0.25) is 0 Å². The van der Waals surface area contributed by atoms with Crippen LogP contribution in [0.4, 0.5) is 0 Å². The van der Waals surface area contributed by atoms with Gasteiger partial charge in [-0.2, -0.15) is 0 Å². The highest BCUT2D eigenvalue weighted by Gasteiger charge is 2.15. The summed E-state index contributed by atoms with van der Waals surface area (Å²) in [5.41, 5.74) is 5.46. The van der Waals surface area contributed by atoms with Gasteiger partial charge in [0.15, 0.2) is 0 Å². The zero-order valence-corrected chi connectivity index (χ0v) is 9.20. The Morgan fingerprint density at radius 2 is 2.00 bits per heavy atom. The lowest BCUT2D eigenvalue weighted by Gasteiger charge is -2.15. The summed E-state index contributed by atoms with van der Waals surface area (Å²) in [5.74, 6) is -0.804. The predicted molar refractivity (Wildman–Crippen MR) is 59.8 cm³/mol. The van der Waals surface area contributed by atoms with Crippen LogP contribution in [0.5, 0.6) is 0 Å². The molecule has 1 aromatic carbocycles. The lowest BCUT2D eigenvalue weighted by Crippen LogP contribution is -2.35. The molecule has 0 bridgehead atoms. The zero-order chi connectivity index (χ0) is 11.4. The van der Waals surface area contributed by atoms with Crippen molar-refractivity contribution in [2.24, 2.45) is 5.73 Å². The molecular weight excluding hydrogens is 212 g/mol.